The van der Waals surface area contributed by atoms with E-state index >= 15 is 0 Å². The molecular weight excluding hydrogens is 276 g/mol. The molecular formula is C14H22N2O3S. The highest BCUT2D eigenvalue weighted by Crippen LogP contribution is 2.25. The quantitative estimate of drug-likeness (QED) is 0.660. The molecule has 0 radical (unpaired) electrons. The van der Waals surface area contributed by atoms with E-state index in [1.54, 1.807) is 6.07 Å². The average molecular weight is 298 g/mol. The summed E-state index contributed by atoms with van der Waals surface area (Å²) < 4.78 is 32.6. The zero-order chi connectivity index (χ0) is 14.6. The van der Waals surface area contributed by atoms with Crippen LogP contribution in [0.5, 0.6) is 5.75 Å². The van der Waals surface area contributed by atoms with Crippen molar-refractivity contribution in [2.45, 2.75) is 49.5 Å². The number of sulfonamides is 1. The van der Waals surface area contributed by atoms with Gasteiger partial charge in [-0.1, -0.05) is 25.7 Å². The Hall–Kier alpha value is -1.27. The molecule has 2 rings (SSSR count). The molecule has 3 N–H and O–H groups in total. The van der Waals surface area contributed by atoms with Gasteiger partial charge in [-0.15, -0.1) is 0 Å². The summed E-state index contributed by atoms with van der Waals surface area (Å²) in [7, 11) is -2.04. The van der Waals surface area contributed by atoms with Crippen molar-refractivity contribution in [1.82, 2.24) is 4.72 Å². The second-order valence-electron chi connectivity index (χ2n) is 5.21. The van der Waals surface area contributed by atoms with Crippen LogP contribution in [-0.2, 0) is 10.0 Å². The van der Waals surface area contributed by atoms with E-state index in [1.807, 2.05) is 0 Å². The standard InChI is InChI=1S/C14H22N2O3S/c1-19-14-10-12(8-9-13(14)15)20(17,18)16-11-6-4-2-3-5-7-11/h8-11,16H,2-7,15H2,1H3. The second-order valence-corrected chi connectivity index (χ2v) is 6.93. The molecule has 6 heteroatoms. The monoisotopic (exact) mass is 298 g/mol. The summed E-state index contributed by atoms with van der Waals surface area (Å²) >= 11 is 0. The van der Waals surface area contributed by atoms with Gasteiger partial charge in [0.15, 0.2) is 0 Å². The largest absolute Gasteiger partial charge is 0.495 e. The summed E-state index contributed by atoms with van der Waals surface area (Å²) in [6.07, 6.45) is 6.36. The first-order valence-electron chi connectivity index (χ1n) is 6.99. The van der Waals surface area contributed by atoms with Gasteiger partial charge in [-0.05, 0) is 25.0 Å². The Labute approximate surface area is 120 Å². The zero-order valence-corrected chi connectivity index (χ0v) is 12.6. The number of nitrogens with two attached hydrogens (primary N) is 1. The van der Waals surface area contributed by atoms with Crippen LogP contribution >= 0.6 is 0 Å². The van der Waals surface area contributed by atoms with Crippen molar-refractivity contribution in [2.75, 3.05) is 12.8 Å². The number of methoxy groups -OCH3 is 1. The number of benzene rings is 1. The van der Waals surface area contributed by atoms with Crippen molar-refractivity contribution >= 4 is 15.7 Å². The Bertz CT molecular complexity index is 550. The Balaban J connectivity index is 2.17. The van der Waals surface area contributed by atoms with Gasteiger partial charge in [0.05, 0.1) is 17.7 Å². The van der Waals surface area contributed by atoms with Gasteiger partial charge >= 0.3 is 0 Å². The minimum atomic E-state index is -3.51. The van der Waals surface area contributed by atoms with Crippen LogP contribution in [-0.4, -0.2) is 21.6 Å². The van der Waals surface area contributed by atoms with Crippen molar-refractivity contribution in [3.8, 4) is 5.75 Å². The topological polar surface area (TPSA) is 81.4 Å². The highest BCUT2D eigenvalue weighted by molar-refractivity contribution is 7.89. The van der Waals surface area contributed by atoms with Crippen LogP contribution in [0.2, 0.25) is 0 Å². The lowest BCUT2D eigenvalue weighted by Gasteiger charge is -2.17. The summed E-state index contributed by atoms with van der Waals surface area (Å²) in [5, 5.41) is 0. The first-order valence-corrected chi connectivity index (χ1v) is 8.47. The lowest BCUT2D eigenvalue weighted by molar-refractivity contribution is 0.415. The van der Waals surface area contributed by atoms with E-state index in [9.17, 15) is 8.42 Å². The first kappa shape index (κ1) is 15.1. The summed E-state index contributed by atoms with van der Waals surface area (Å²) in [6.45, 7) is 0. The molecule has 0 bridgehead atoms. The summed E-state index contributed by atoms with van der Waals surface area (Å²) in [6, 6.07) is 4.57. The number of rotatable bonds is 4. The first-order chi connectivity index (χ1) is 9.53. The van der Waals surface area contributed by atoms with Gasteiger partial charge in [-0.2, -0.15) is 0 Å². The molecule has 1 aliphatic carbocycles. The molecule has 1 saturated carbocycles. The minimum Gasteiger partial charge on any atom is -0.495 e. The van der Waals surface area contributed by atoms with E-state index in [4.69, 9.17) is 10.5 Å². The van der Waals surface area contributed by atoms with Crippen molar-refractivity contribution in [3.63, 3.8) is 0 Å². The number of hydrogen-bond acceptors (Lipinski definition) is 4. The van der Waals surface area contributed by atoms with E-state index in [0.717, 1.165) is 25.7 Å². The minimum absolute atomic E-state index is 0.0334. The van der Waals surface area contributed by atoms with Gasteiger partial charge in [0.1, 0.15) is 5.75 Å². The molecule has 0 heterocycles. The molecule has 1 aliphatic rings. The van der Waals surface area contributed by atoms with Gasteiger partial charge in [-0.25, -0.2) is 13.1 Å². The Kier molecular flexibility index (Phi) is 4.88. The van der Waals surface area contributed by atoms with Gasteiger partial charge in [0, 0.05) is 12.1 Å². The van der Waals surface area contributed by atoms with Crippen LogP contribution in [0.4, 0.5) is 5.69 Å². The summed E-state index contributed by atoms with van der Waals surface area (Å²) in [5.74, 6) is 0.383. The summed E-state index contributed by atoms with van der Waals surface area (Å²) in [4.78, 5) is 0.202. The highest BCUT2D eigenvalue weighted by Gasteiger charge is 2.21. The lowest BCUT2D eigenvalue weighted by Crippen LogP contribution is -2.34. The van der Waals surface area contributed by atoms with Gasteiger partial charge < -0.3 is 10.5 Å². The number of ether oxygens (including phenoxy) is 1. The van der Waals surface area contributed by atoms with Gasteiger partial charge in [0.25, 0.3) is 0 Å². The van der Waals surface area contributed by atoms with Crippen LogP contribution < -0.4 is 15.2 Å². The van der Waals surface area contributed by atoms with E-state index in [1.165, 1.54) is 32.1 Å². The number of nitrogen functional groups attached to an aromatic ring is 1. The maximum Gasteiger partial charge on any atom is 0.240 e. The third kappa shape index (κ3) is 3.64. The van der Waals surface area contributed by atoms with Crippen LogP contribution in [0, 0.1) is 0 Å². The van der Waals surface area contributed by atoms with Crippen molar-refractivity contribution in [3.05, 3.63) is 18.2 Å². The fourth-order valence-corrected chi connectivity index (χ4v) is 3.86. The number of anilines is 1. The fourth-order valence-electron chi connectivity index (χ4n) is 2.54. The maximum atomic E-state index is 12.4. The Morgan fingerprint density at radius 3 is 2.45 bits per heavy atom. The van der Waals surface area contributed by atoms with E-state index in [0.29, 0.717) is 11.4 Å². The van der Waals surface area contributed by atoms with Crippen molar-refractivity contribution in [2.24, 2.45) is 0 Å². The van der Waals surface area contributed by atoms with Crippen LogP contribution in [0.3, 0.4) is 0 Å². The molecule has 0 amide bonds. The number of hydrogen-bond donors (Lipinski definition) is 2. The van der Waals surface area contributed by atoms with Crippen LogP contribution in [0.25, 0.3) is 0 Å². The van der Waals surface area contributed by atoms with E-state index in [2.05, 4.69) is 4.72 Å². The molecule has 0 unspecified atom stereocenters. The lowest BCUT2D eigenvalue weighted by atomic mass is 10.1. The predicted octanol–water partition coefficient (Wildman–Crippen LogP) is 2.28. The third-order valence-electron chi connectivity index (χ3n) is 3.69. The van der Waals surface area contributed by atoms with Gasteiger partial charge in [-0.3, -0.25) is 0 Å². The van der Waals surface area contributed by atoms with Crippen molar-refractivity contribution < 1.29 is 13.2 Å². The smallest absolute Gasteiger partial charge is 0.240 e. The average Bonchev–Trinajstić information content (AvgIpc) is 2.67. The second kappa shape index (κ2) is 6.45. The molecule has 1 aromatic carbocycles. The van der Waals surface area contributed by atoms with Crippen LogP contribution in [0.15, 0.2) is 23.1 Å². The molecule has 0 aromatic heterocycles. The molecule has 0 atom stereocenters. The zero-order valence-electron chi connectivity index (χ0n) is 11.8. The SMILES string of the molecule is COc1cc(S(=O)(=O)NC2CCCCCC2)ccc1N. The molecule has 1 aromatic rings. The normalized spacial score (nSPS) is 17.6. The Morgan fingerprint density at radius 1 is 1.20 bits per heavy atom. The number of nitrogens with one attached hydrogen (secondary N) is 1. The molecule has 5 nitrogen and oxygen atoms in total. The molecule has 20 heavy (non-hydrogen) atoms. The third-order valence-corrected chi connectivity index (χ3v) is 5.21. The molecule has 0 aliphatic heterocycles. The molecule has 112 valence electrons. The van der Waals surface area contributed by atoms with E-state index < -0.39 is 10.0 Å². The highest BCUT2D eigenvalue weighted by atomic mass is 32.2. The molecule has 0 spiro atoms. The van der Waals surface area contributed by atoms with E-state index in [-0.39, 0.29) is 10.9 Å². The molecule has 0 saturated heterocycles. The predicted molar refractivity (Wildman–Crippen MR) is 79.2 cm³/mol. The van der Waals surface area contributed by atoms with Crippen LogP contribution in [0.1, 0.15) is 38.5 Å². The maximum absolute atomic E-state index is 12.4. The van der Waals surface area contributed by atoms with Crippen molar-refractivity contribution in [1.29, 1.82) is 0 Å². The molecule has 1 fully saturated rings. The summed E-state index contributed by atoms with van der Waals surface area (Å²) in [5.41, 5.74) is 6.14. The Morgan fingerprint density at radius 2 is 1.85 bits per heavy atom. The van der Waals surface area contributed by atoms with Gasteiger partial charge in [0.2, 0.25) is 10.0 Å². The fraction of sp³-hybridized carbons (Fsp3) is 0.571.